The number of hydrogen-bond acceptors (Lipinski definition) is 3. The van der Waals surface area contributed by atoms with Gasteiger partial charge in [-0.25, -0.2) is 0 Å². The normalized spacial score (nSPS) is 12.8. The molecule has 1 aromatic rings. The molecule has 1 rings (SSSR count). The summed E-state index contributed by atoms with van der Waals surface area (Å²) in [6.07, 6.45) is 0.00331. The Morgan fingerprint density at radius 3 is 2.41 bits per heavy atom. The maximum atomic E-state index is 5.82. The van der Waals surface area contributed by atoms with Crippen LogP contribution in [0.1, 0.15) is 13.8 Å². The van der Waals surface area contributed by atoms with Crippen molar-refractivity contribution in [2.75, 3.05) is 20.3 Å². The van der Waals surface area contributed by atoms with Gasteiger partial charge in [-0.05, 0) is 24.3 Å². The van der Waals surface area contributed by atoms with E-state index in [-0.39, 0.29) is 6.10 Å². The first-order valence-electron chi connectivity index (χ1n) is 5.76. The highest BCUT2D eigenvalue weighted by Crippen LogP contribution is 2.16. The molecule has 96 valence electrons. The van der Waals surface area contributed by atoms with Crippen LogP contribution in [0.15, 0.2) is 24.3 Å². The maximum absolute atomic E-state index is 5.82. The highest BCUT2D eigenvalue weighted by atomic mass is 35.5. The minimum absolute atomic E-state index is 0.00331. The lowest BCUT2D eigenvalue weighted by Gasteiger charge is -2.20. The lowest BCUT2D eigenvalue weighted by atomic mass is 10.3. The summed E-state index contributed by atoms with van der Waals surface area (Å²) >= 11 is 5.82. The van der Waals surface area contributed by atoms with Crippen molar-refractivity contribution in [2.24, 2.45) is 0 Å². The summed E-state index contributed by atoms with van der Waals surface area (Å²) in [6, 6.07) is 7.79. The molecule has 0 radical (unpaired) electrons. The van der Waals surface area contributed by atoms with Crippen molar-refractivity contribution in [2.45, 2.75) is 26.0 Å². The smallest absolute Gasteiger partial charge is 0.134 e. The zero-order valence-electron chi connectivity index (χ0n) is 10.6. The molecule has 1 N–H and O–H groups in total. The van der Waals surface area contributed by atoms with Gasteiger partial charge >= 0.3 is 0 Å². The van der Waals surface area contributed by atoms with E-state index in [1.807, 2.05) is 24.3 Å². The van der Waals surface area contributed by atoms with Gasteiger partial charge < -0.3 is 14.8 Å². The minimum atomic E-state index is 0.00331. The molecule has 17 heavy (non-hydrogen) atoms. The average Bonchev–Trinajstić information content (AvgIpc) is 2.29. The number of ether oxygens (including phenoxy) is 2. The quantitative estimate of drug-likeness (QED) is 0.815. The van der Waals surface area contributed by atoms with Gasteiger partial charge in [0.25, 0.3) is 0 Å². The van der Waals surface area contributed by atoms with Crippen molar-refractivity contribution in [3.63, 3.8) is 0 Å². The van der Waals surface area contributed by atoms with Gasteiger partial charge in [0.2, 0.25) is 0 Å². The van der Waals surface area contributed by atoms with Crippen molar-refractivity contribution >= 4 is 11.6 Å². The summed E-state index contributed by atoms with van der Waals surface area (Å²) in [5.41, 5.74) is 0. The van der Waals surface area contributed by atoms with E-state index in [0.29, 0.717) is 17.7 Å². The van der Waals surface area contributed by atoms with Crippen LogP contribution in [0.25, 0.3) is 0 Å². The largest absolute Gasteiger partial charge is 0.487 e. The predicted octanol–water partition coefficient (Wildman–Crippen LogP) is 2.73. The number of rotatable bonds is 7. The van der Waals surface area contributed by atoms with Crippen LogP contribution >= 0.6 is 11.6 Å². The fraction of sp³-hybridized carbons (Fsp3) is 0.538. The van der Waals surface area contributed by atoms with Gasteiger partial charge in [-0.3, -0.25) is 0 Å². The highest BCUT2D eigenvalue weighted by Gasteiger charge is 2.10. The fourth-order valence-corrected chi connectivity index (χ4v) is 1.52. The molecule has 0 fully saturated rings. The van der Waals surface area contributed by atoms with Gasteiger partial charge in [0.15, 0.2) is 0 Å². The third-order valence-corrected chi connectivity index (χ3v) is 2.47. The van der Waals surface area contributed by atoms with Crippen LogP contribution in [0.2, 0.25) is 5.02 Å². The summed E-state index contributed by atoms with van der Waals surface area (Å²) in [5.74, 6) is 0.807. The Hall–Kier alpha value is -0.770. The van der Waals surface area contributed by atoms with Crippen molar-refractivity contribution in [3.05, 3.63) is 29.3 Å². The molecule has 0 aromatic heterocycles. The van der Waals surface area contributed by atoms with Crippen LogP contribution < -0.4 is 10.1 Å². The Balaban J connectivity index is 2.50. The van der Waals surface area contributed by atoms with E-state index < -0.39 is 0 Å². The van der Waals surface area contributed by atoms with Gasteiger partial charge in [-0.1, -0.05) is 25.4 Å². The SMILES string of the molecule is COCC(CNC(C)C)Oc1ccc(Cl)cc1. The van der Waals surface area contributed by atoms with E-state index >= 15 is 0 Å². The van der Waals surface area contributed by atoms with Gasteiger partial charge in [0.05, 0.1) is 6.61 Å². The second-order valence-corrected chi connectivity index (χ2v) is 4.65. The Labute approximate surface area is 108 Å². The second-order valence-electron chi connectivity index (χ2n) is 4.21. The lowest BCUT2D eigenvalue weighted by Crippen LogP contribution is -2.37. The molecule has 0 bridgehead atoms. The Morgan fingerprint density at radius 1 is 1.24 bits per heavy atom. The standard InChI is InChI=1S/C13H20ClNO2/c1-10(2)15-8-13(9-16-3)17-12-6-4-11(14)5-7-12/h4-7,10,13,15H,8-9H2,1-3H3. The molecule has 1 unspecified atom stereocenters. The molecule has 0 aliphatic carbocycles. The first-order valence-corrected chi connectivity index (χ1v) is 6.14. The third-order valence-electron chi connectivity index (χ3n) is 2.22. The van der Waals surface area contributed by atoms with E-state index in [1.165, 1.54) is 0 Å². The monoisotopic (exact) mass is 257 g/mol. The van der Waals surface area contributed by atoms with E-state index in [9.17, 15) is 0 Å². The van der Waals surface area contributed by atoms with Gasteiger partial charge in [0.1, 0.15) is 11.9 Å². The summed E-state index contributed by atoms with van der Waals surface area (Å²) in [7, 11) is 1.67. The van der Waals surface area contributed by atoms with Crippen LogP contribution in [0.4, 0.5) is 0 Å². The van der Waals surface area contributed by atoms with E-state index in [2.05, 4.69) is 19.2 Å². The van der Waals surface area contributed by atoms with Gasteiger partial charge in [-0.2, -0.15) is 0 Å². The van der Waals surface area contributed by atoms with Crippen molar-refractivity contribution < 1.29 is 9.47 Å². The molecule has 4 heteroatoms. The topological polar surface area (TPSA) is 30.5 Å². The number of halogens is 1. The molecule has 1 atom stereocenters. The van der Waals surface area contributed by atoms with E-state index in [0.717, 1.165) is 12.3 Å². The Kier molecular flexibility index (Phi) is 6.34. The Bertz CT molecular complexity index is 314. The molecule has 0 saturated heterocycles. The summed E-state index contributed by atoms with van der Waals surface area (Å²) in [4.78, 5) is 0. The molecule has 0 heterocycles. The molecule has 0 spiro atoms. The van der Waals surface area contributed by atoms with Crippen LogP contribution in [-0.4, -0.2) is 32.4 Å². The van der Waals surface area contributed by atoms with E-state index in [1.54, 1.807) is 7.11 Å². The zero-order valence-corrected chi connectivity index (χ0v) is 11.3. The first kappa shape index (κ1) is 14.3. The Morgan fingerprint density at radius 2 is 1.88 bits per heavy atom. The van der Waals surface area contributed by atoms with Crippen LogP contribution in [0.5, 0.6) is 5.75 Å². The summed E-state index contributed by atoms with van der Waals surface area (Å²) in [5, 5.41) is 4.04. The number of nitrogens with one attached hydrogen (secondary N) is 1. The van der Waals surface area contributed by atoms with E-state index in [4.69, 9.17) is 21.1 Å². The molecule has 0 aliphatic heterocycles. The number of hydrogen-bond donors (Lipinski definition) is 1. The summed E-state index contributed by atoms with van der Waals surface area (Å²) < 4.78 is 11.0. The minimum Gasteiger partial charge on any atom is -0.487 e. The lowest BCUT2D eigenvalue weighted by molar-refractivity contribution is 0.0794. The third kappa shape index (κ3) is 5.91. The van der Waals surface area contributed by atoms with Crippen molar-refractivity contribution in [1.29, 1.82) is 0 Å². The molecular weight excluding hydrogens is 238 g/mol. The van der Waals surface area contributed by atoms with Crippen molar-refractivity contribution in [1.82, 2.24) is 5.32 Å². The summed E-state index contributed by atoms with van der Waals surface area (Å²) in [6.45, 7) is 5.52. The van der Waals surface area contributed by atoms with Gasteiger partial charge in [0, 0.05) is 24.7 Å². The fourth-order valence-electron chi connectivity index (χ4n) is 1.39. The molecule has 0 saturated carbocycles. The van der Waals surface area contributed by atoms with Gasteiger partial charge in [-0.15, -0.1) is 0 Å². The second kappa shape index (κ2) is 7.54. The van der Waals surface area contributed by atoms with Crippen molar-refractivity contribution in [3.8, 4) is 5.75 Å². The predicted molar refractivity (Wildman–Crippen MR) is 70.9 cm³/mol. The first-order chi connectivity index (χ1) is 8.11. The highest BCUT2D eigenvalue weighted by molar-refractivity contribution is 6.30. The number of benzene rings is 1. The zero-order chi connectivity index (χ0) is 12.7. The molecular formula is C13H20ClNO2. The van der Waals surface area contributed by atoms with Crippen LogP contribution in [0.3, 0.4) is 0 Å². The van der Waals surface area contributed by atoms with Crippen LogP contribution in [-0.2, 0) is 4.74 Å². The number of methoxy groups -OCH3 is 1. The molecule has 0 amide bonds. The molecule has 0 aliphatic rings. The molecule has 3 nitrogen and oxygen atoms in total. The average molecular weight is 258 g/mol. The molecule has 1 aromatic carbocycles. The van der Waals surface area contributed by atoms with Crippen LogP contribution in [0, 0.1) is 0 Å². The maximum Gasteiger partial charge on any atom is 0.134 e.